The van der Waals surface area contributed by atoms with Crippen LogP contribution in [-0.4, -0.2) is 16.2 Å². The molecule has 0 saturated carbocycles. The Bertz CT molecular complexity index is 295. The van der Waals surface area contributed by atoms with E-state index in [1.165, 1.54) is 0 Å². The van der Waals surface area contributed by atoms with E-state index in [9.17, 15) is 5.11 Å². The van der Waals surface area contributed by atoms with Crippen molar-refractivity contribution in [1.29, 1.82) is 0 Å². The van der Waals surface area contributed by atoms with Crippen LogP contribution in [0.4, 0.5) is 0 Å². The third kappa shape index (κ3) is 2.62. The summed E-state index contributed by atoms with van der Waals surface area (Å²) in [6.45, 7) is 5.99. The largest absolute Gasteiger partial charge is 0.503 e. The van der Waals surface area contributed by atoms with Crippen LogP contribution >= 0.6 is 0 Å². The molecule has 14 heavy (non-hydrogen) atoms. The molecular weight excluding hydrogens is 178 g/mol. The van der Waals surface area contributed by atoms with Crippen LogP contribution in [0.1, 0.15) is 32.4 Å². The first kappa shape index (κ1) is 10.8. The summed E-state index contributed by atoms with van der Waals surface area (Å²) >= 11 is 0. The molecule has 1 aromatic rings. The quantitative estimate of drug-likeness (QED) is 0.803. The van der Waals surface area contributed by atoms with Gasteiger partial charge in [0, 0.05) is 5.69 Å². The van der Waals surface area contributed by atoms with Crippen molar-refractivity contribution in [2.45, 2.75) is 39.7 Å². The van der Waals surface area contributed by atoms with Gasteiger partial charge in [0.05, 0.1) is 0 Å². The second-order valence-corrected chi connectivity index (χ2v) is 3.33. The Morgan fingerprint density at radius 2 is 2.00 bits per heavy atom. The highest BCUT2D eigenvalue weighted by Crippen LogP contribution is 2.24. The van der Waals surface area contributed by atoms with Gasteiger partial charge < -0.3 is 9.84 Å². The number of nitrogens with zero attached hydrogens (tertiary/aromatic N) is 1. The predicted molar refractivity (Wildman–Crippen MR) is 55.6 cm³/mol. The van der Waals surface area contributed by atoms with Crippen molar-refractivity contribution >= 4 is 0 Å². The molecule has 0 aliphatic heterocycles. The zero-order chi connectivity index (χ0) is 10.6. The summed E-state index contributed by atoms with van der Waals surface area (Å²) in [5, 5.41) is 9.49. The second kappa shape index (κ2) is 4.84. The molecule has 1 rings (SSSR count). The van der Waals surface area contributed by atoms with E-state index in [1.54, 1.807) is 12.1 Å². The average Bonchev–Trinajstić information content (AvgIpc) is 2.19. The highest BCUT2D eigenvalue weighted by Gasteiger charge is 2.10. The van der Waals surface area contributed by atoms with E-state index in [0.717, 1.165) is 18.5 Å². The Kier molecular flexibility index (Phi) is 3.74. The topological polar surface area (TPSA) is 42.4 Å². The molecule has 1 heterocycles. The lowest BCUT2D eigenvalue weighted by atomic mass is 10.2. The van der Waals surface area contributed by atoms with Gasteiger partial charge >= 0.3 is 0 Å². The Labute approximate surface area is 84.7 Å². The second-order valence-electron chi connectivity index (χ2n) is 3.33. The molecular formula is C11H17NO2. The van der Waals surface area contributed by atoms with Gasteiger partial charge in [-0.3, -0.25) is 0 Å². The van der Waals surface area contributed by atoms with Crippen LogP contribution in [0, 0.1) is 6.92 Å². The summed E-state index contributed by atoms with van der Waals surface area (Å²) in [6, 6.07) is 3.37. The standard InChI is InChI=1S/C11H17NO2/c1-4-9(5-2)14-11-10(13)7-6-8(3)12-11/h6-7,9,13H,4-5H2,1-3H3. The van der Waals surface area contributed by atoms with Crippen molar-refractivity contribution in [2.24, 2.45) is 0 Å². The summed E-state index contributed by atoms with van der Waals surface area (Å²) in [4.78, 5) is 4.14. The molecule has 0 aliphatic rings. The number of aryl methyl sites for hydroxylation is 1. The summed E-state index contributed by atoms with van der Waals surface area (Å²) in [5.74, 6) is 0.459. The van der Waals surface area contributed by atoms with Crippen molar-refractivity contribution in [2.75, 3.05) is 0 Å². The molecule has 1 N–H and O–H groups in total. The maximum atomic E-state index is 9.49. The molecule has 78 valence electrons. The highest BCUT2D eigenvalue weighted by molar-refractivity contribution is 5.33. The summed E-state index contributed by atoms with van der Waals surface area (Å²) in [5.41, 5.74) is 0.851. The number of aromatic hydroxyl groups is 1. The van der Waals surface area contributed by atoms with E-state index in [1.807, 2.05) is 6.92 Å². The van der Waals surface area contributed by atoms with Crippen LogP contribution in [0.25, 0.3) is 0 Å². The molecule has 0 unspecified atom stereocenters. The fourth-order valence-corrected chi connectivity index (χ4v) is 1.23. The molecule has 0 atom stereocenters. The van der Waals surface area contributed by atoms with Gasteiger partial charge in [-0.25, -0.2) is 4.98 Å². The molecule has 0 spiro atoms. The number of pyridine rings is 1. The van der Waals surface area contributed by atoms with E-state index in [4.69, 9.17) is 4.74 Å². The van der Waals surface area contributed by atoms with E-state index >= 15 is 0 Å². The molecule has 0 fully saturated rings. The SMILES string of the molecule is CCC(CC)Oc1nc(C)ccc1O. The Hall–Kier alpha value is -1.25. The fourth-order valence-electron chi connectivity index (χ4n) is 1.23. The smallest absolute Gasteiger partial charge is 0.257 e. The molecule has 0 aromatic carbocycles. The molecule has 0 aliphatic carbocycles. The van der Waals surface area contributed by atoms with Gasteiger partial charge in [0.25, 0.3) is 5.88 Å². The average molecular weight is 195 g/mol. The maximum Gasteiger partial charge on any atom is 0.257 e. The highest BCUT2D eigenvalue weighted by atomic mass is 16.5. The zero-order valence-electron chi connectivity index (χ0n) is 8.95. The number of aromatic nitrogens is 1. The molecule has 0 amide bonds. The Balaban J connectivity index is 2.79. The van der Waals surface area contributed by atoms with Gasteiger partial charge in [-0.2, -0.15) is 0 Å². The van der Waals surface area contributed by atoms with Crippen molar-refractivity contribution in [1.82, 2.24) is 4.98 Å². The zero-order valence-corrected chi connectivity index (χ0v) is 8.95. The van der Waals surface area contributed by atoms with Gasteiger partial charge in [0.1, 0.15) is 6.10 Å². The number of rotatable bonds is 4. The Morgan fingerprint density at radius 3 is 2.57 bits per heavy atom. The van der Waals surface area contributed by atoms with Crippen LogP contribution in [0.2, 0.25) is 0 Å². The summed E-state index contributed by atoms with van der Waals surface area (Å²) in [6.07, 6.45) is 1.98. The maximum absolute atomic E-state index is 9.49. The van der Waals surface area contributed by atoms with Crippen LogP contribution in [0.3, 0.4) is 0 Å². The van der Waals surface area contributed by atoms with Gasteiger partial charge in [-0.15, -0.1) is 0 Å². The predicted octanol–water partition coefficient (Wildman–Crippen LogP) is 2.66. The normalized spacial score (nSPS) is 10.6. The fraction of sp³-hybridized carbons (Fsp3) is 0.545. The van der Waals surface area contributed by atoms with Crippen molar-refractivity contribution in [3.8, 4) is 11.6 Å². The van der Waals surface area contributed by atoms with Crippen LogP contribution in [0.5, 0.6) is 11.6 Å². The van der Waals surface area contributed by atoms with Crippen molar-refractivity contribution < 1.29 is 9.84 Å². The van der Waals surface area contributed by atoms with Crippen molar-refractivity contribution in [3.05, 3.63) is 17.8 Å². The first-order valence-electron chi connectivity index (χ1n) is 5.00. The van der Waals surface area contributed by atoms with E-state index in [2.05, 4.69) is 18.8 Å². The first-order valence-corrected chi connectivity index (χ1v) is 5.00. The van der Waals surface area contributed by atoms with E-state index in [0.29, 0.717) is 5.88 Å². The van der Waals surface area contributed by atoms with Crippen LogP contribution < -0.4 is 4.74 Å². The molecule has 0 bridgehead atoms. The third-order valence-electron chi connectivity index (χ3n) is 2.17. The van der Waals surface area contributed by atoms with Crippen LogP contribution in [0.15, 0.2) is 12.1 Å². The van der Waals surface area contributed by atoms with E-state index < -0.39 is 0 Å². The van der Waals surface area contributed by atoms with Gasteiger partial charge in [-0.05, 0) is 31.9 Å². The minimum Gasteiger partial charge on any atom is -0.503 e. The number of hydrogen-bond donors (Lipinski definition) is 1. The molecule has 0 radical (unpaired) electrons. The molecule has 3 nitrogen and oxygen atoms in total. The van der Waals surface area contributed by atoms with E-state index in [-0.39, 0.29) is 11.9 Å². The van der Waals surface area contributed by atoms with Gasteiger partial charge in [-0.1, -0.05) is 13.8 Å². The summed E-state index contributed by atoms with van der Waals surface area (Å²) < 4.78 is 5.56. The number of hydrogen-bond acceptors (Lipinski definition) is 3. The monoisotopic (exact) mass is 195 g/mol. The minimum absolute atomic E-state index is 0.113. The molecule has 3 heteroatoms. The molecule has 0 saturated heterocycles. The lowest BCUT2D eigenvalue weighted by Crippen LogP contribution is -2.14. The molecule has 1 aromatic heterocycles. The van der Waals surface area contributed by atoms with Crippen LogP contribution in [-0.2, 0) is 0 Å². The first-order chi connectivity index (χ1) is 6.67. The van der Waals surface area contributed by atoms with Gasteiger partial charge in [0.2, 0.25) is 0 Å². The number of ether oxygens (including phenoxy) is 1. The van der Waals surface area contributed by atoms with Gasteiger partial charge in [0.15, 0.2) is 5.75 Å². The third-order valence-corrected chi connectivity index (χ3v) is 2.17. The lowest BCUT2D eigenvalue weighted by molar-refractivity contribution is 0.177. The Morgan fingerprint density at radius 1 is 1.36 bits per heavy atom. The lowest BCUT2D eigenvalue weighted by Gasteiger charge is -2.15. The summed E-state index contributed by atoms with van der Waals surface area (Å²) in [7, 11) is 0. The van der Waals surface area contributed by atoms with Crippen molar-refractivity contribution in [3.63, 3.8) is 0 Å². The minimum atomic E-state index is 0.113.